The molecule has 7 nitrogen and oxygen atoms in total. The fourth-order valence-electron chi connectivity index (χ4n) is 1.45. The molecule has 1 amide bonds. The van der Waals surface area contributed by atoms with Crippen molar-refractivity contribution in [2.45, 2.75) is 38.5 Å². The SMILES string of the molecule is CC(C)(C)OC(=O)N[C@@H](C(=O)O)[C@@H](O)c1cccnc1. The van der Waals surface area contributed by atoms with Gasteiger partial charge in [-0.25, -0.2) is 9.59 Å². The van der Waals surface area contributed by atoms with E-state index < -0.39 is 29.8 Å². The van der Waals surface area contributed by atoms with Gasteiger partial charge in [0, 0.05) is 18.0 Å². The highest BCUT2D eigenvalue weighted by atomic mass is 16.6. The van der Waals surface area contributed by atoms with E-state index in [1.54, 1.807) is 26.8 Å². The van der Waals surface area contributed by atoms with Crippen molar-refractivity contribution >= 4 is 12.1 Å². The molecule has 0 aromatic carbocycles. The van der Waals surface area contributed by atoms with E-state index in [0.717, 1.165) is 0 Å². The Morgan fingerprint density at radius 3 is 2.50 bits per heavy atom. The molecule has 3 N–H and O–H groups in total. The second-order valence-corrected chi connectivity index (χ2v) is 5.19. The van der Waals surface area contributed by atoms with Crippen molar-refractivity contribution in [1.29, 1.82) is 0 Å². The van der Waals surface area contributed by atoms with E-state index in [1.165, 1.54) is 18.5 Å². The van der Waals surface area contributed by atoms with Crippen LogP contribution in [0, 0.1) is 0 Å². The molecule has 0 aliphatic carbocycles. The Morgan fingerprint density at radius 2 is 2.05 bits per heavy atom. The van der Waals surface area contributed by atoms with E-state index in [0.29, 0.717) is 0 Å². The number of nitrogens with one attached hydrogen (secondary N) is 1. The van der Waals surface area contributed by atoms with Gasteiger partial charge in [0.2, 0.25) is 0 Å². The molecule has 1 aromatic rings. The molecular formula is C13H18N2O5. The minimum absolute atomic E-state index is 0.288. The Balaban J connectivity index is 2.80. The van der Waals surface area contributed by atoms with Gasteiger partial charge in [0.25, 0.3) is 0 Å². The van der Waals surface area contributed by atoms with Gasteiger partial charge < -0.3 is 20.3 Å². The smallest absolute Gasteiger partial charge is 0.408 e. The summed E-state index contributed by atoms with van der Waals surface area (Å²) < 4.78 is 4.96. The van der Waals surface area contributed by atoms with Gasteiger partial charge in [-0.2, -0.15) is 0 Å². The summed E-state index contributed by atoms with van der Waals surface area (Å²) in [5.41, 5.74) is -0.470. The average Bonchev–Trinajstić information content (AvgIpc) is 2.34. The molecule has 0 saturated heterocycles. The number of pyridine rings is 1. The molecule has 0 radical (unpaired) electrons. The summed E-state index contributed by atoms with van der Waals surface area (Å²) in [6.07, 6.45) is 0.492. The number of aliphatic hydroxyl groups is 1. The van der Waals surface area contributed by atoms with Crippen molar-refractivity contribution in [1.82, 2.24) is 10.3 Å². The molecule has 0 aliphatic heterocycles. The molecule has 20 heavy (non-hydrogen) atoms. The fraction of sp³-hybridized carbons (Fsp3) is 0.462. The molecule has 1 rings (SSSR count). The normalized spacial score (nSPS) is 14.2. The third-order valence-electron chi connectivity index (χ3n) is 2.28. The number of amides is 1. The van der Waals surface area contributed by atoms with Crippen molar-refractivity contribution in [3.8, 4) is 0 Å². The second kappa shape index (κ2) is 6.33. The fourth-order valence-corrected chi connectivity index (χ4v) is 1.45. The highest BCUT2D eigenvalue weighted by Crippen LogP contribution is 2.16. The summed E-state index contributed by atoms with van der Waals surface area (Å²) in [7, 11) is 0. The number of alkyl carbamates (subject to hydrolysis) is 1. The third-order valence-corrected chi connectivity index (χ3v) is 2.28. The van der Waals surface area contributed by atoms with Gasteiger partial charge in [-0.3, -0.25) is 4.98 Å². The molecule has 7 heteroatoms. The zero-order valence-electron chi connectivity index (χ0n) is 11.5. The van der Waals surface area contributed by atoms with E-state index in [9.17, 15) is 14.7 Å². The number of hydrogen-bond acceptors (Lipinski definition) is 5. The highest BCUT2D eigenvalue weighted by Gasteiger charge is 2.31. The van der Waals surface area contributed by atoms with Crippen molar-refractivity contribution < 1.29 is 24.5 Å². The molecule has 2 atom stereocenters. The highest BCUT2D eigenvalue weighted by molar-refractivity contribution is 5.80. The molecule has 0 bridgehead atoms. The first-order chi connectivity index (χ1) is 9.20. The number of aliphatic hydroxyl groups excluding tert-OH is 1. The summed E-state index contributed by atoms with van der Waals surface area (Å²) in [6.45, 7) is 4.96. The van der Waals surface area contributed by atoms with Crippen LogP contribution in [-0.4, -0.2) is 38.9 Å². The summed E-state index contributed by atoms with van der Waals surface area (Å²) >= 11 is 0. The summed E-state index contributed by atoms with van der Waals surface area (Å²) in [5.74, 6) is -1.37. The zero-order chi connectivity index (χ0) is 15.3. The van der Waals surface area contributed by atoms with Gasteiger partial charge >= 0.3 is 12.1 Å². The average molecular weight is 282 g/mol. The lowest BCUT2D eigenvalue weighted by Gasteiger charge is -2.24. The van der Waals surface area contributed by atoms with Crippen LogP contribution in [0.5, 0.6) is 0 Å². The van der Waals surface area contributed by atoms with Crippen LogP contribution in [-0.2, 0) is 9.53 Å². The monoisotopic (exact) mass is 282 g/mol. The van der Waals surface area contributed by atoms with Gasteiger partial charge in [0.05, 0.1) is 0 Å². The first-order valence-electron chi connectivity index (χ1n) is 6.01. The first-order valence-corrected chi connectivity index (χ1v) is 6.01. The molecule has 0 fully saturated rings. The number of rotatable bonds is 4. The van der Waals surface area contributed by atoms with Crippen molar-refractivity contribution in [2.75, 3.05) is 0 Å². The number of nitrogens with zero attached hydrogens (tertiary/aromatic N) is 1. The molecule has 0 saturated carbocycles. The van der Waals surface area contributed by atoms with Crippen LogP contribution in [0.4, 0.5) is 4.79 Å². The molecule has 0 aliphatic rings. The van der Waals surface area contributed by atoms with Crippen LogP contribution in [0.25, 0.3) is 0 Å². The van der Waals surface area contributed by atoms with Gasteiger partial charge in [-0.05, 0) is 26.8 Å². The maximum Gasteiger partial charge on any atom is 0.408 e. The number of carbonyl (C=O) groups excluding carboxylic acids is 1. The zero-order valence-corrected chi connectivity index (χ0v) is 11.5. The number of carboxylic acids is 1. The predicted molar refractivity (Wildman–Crippen MR) is 70.0 cm³/mol. The number of carboxylic acid groups (broad SMARTS) is 1. The predicted octanol–water partition coefficient (Wildman–Crippen LogP) is 1.09. The quantitative estimate of drug-likeness (QED) is 0.762. The lowest BCUT2D eigenvalue weighted by molar-refractivity contribution is -0.142. The Morgan fingerprint density at radius 1 is 1.40 bits per heavy atom. The largest absolute Gasteiger partial charge is 0.480 e. The summed E-state index contributed by atoms with van der Waals surface area (Å²) in [6, 6.07) is 1.56. The van der Waals surface area contributed by atoms with Crippen LogP contribution in [0.3, 0.4) is 0 Å². The Kier molecular flexibility index (Phi) is 5.04. The summed E-state index contributed by atoms with van der Waals surface area (Å²) in [5, 5.41) is 21.2. The van der Waals surface area contributed by atoms with Crippen molar-refractivity contribution in [3.05, 3.63) is 30.1 Å². The van der Waals surface area contributed by atoms with E-state index in [-0.39, 0.29) is 5.56 Å². The van der Waals surface area contributed by atoms with Gasteiger partial charge in [0.15, 0.2) is 6.04 Å². The molecule has 1 aromatic heterocycles. The number of aromatic nitrogens is 1. The van der Waals surface area contributed by atoms with E-state index in [1.807, 2.05) is 0 Å². The molecular weight excluding hydrogens is 264 g/mol. The van der Waals surface area contributed by atoms with Crippen LogP contribution in [0.1, 0.15) is 32.4 Å². The van der Waals surface area contributed by atoms with Crippen LogP contribution in [0.15, 0.2) is 24.5 Å². The van der Waals surface area contributed by atoms with Gasteiger partial charge in [0.1, 0.15) is 11.7 Å². The Hall–Kier alpha value is -2.15. The first kappa shape index (κ1) is 15.9. The van der Waals surface area contributed by atoms with E-state index >= 15 is 0 Å². The number of aliphatic carboxylic acids is 1. The van der Waals surface area contributed by atoms with E-state index in [4.69, 9.17) is 9.84 Å². The molecule has 0 spiro atoms. The van der Waals surface area contributed by atoms with Crippen molar-refractivity contribution in [2.24, 2.45) is 0 Å². The van der Waals surface area contributed by atoms with Crippen LogP contribution in [0.2, 0.25) is 0 Å². The minimum Gasteiger partial charge on any atom is -0.480 e. The van der Waals surface area contributed by atoms with Crippen LogP contribution < -0.4 is 5.32 Å². The molecule has 1 heterocycles. The second-order valence-electron chi connectivity index (χ2n) is 5.19. The van der Waals surface area contributed by atoms with Crippen LogP contribution >= 0.6 is 0 Å². The maximum atomic E-state index is 11.6. The lowest BCUT2D eigenvalue weighted by Crippen LogP contribution is -2.46. The maximum absolute atomic E-state index is 11.6. The van der Waals surface area contributed by atoms with E-state index in [2.05, 4.69) is 10.3 Å². The Bertz CT molecular complexity index is 469. The lowest BCUT2D eigenvalue weighted by atomic mass is 10.0. The van der Waals surface area contributed by atoms with Crippen molar-refractivity contribution in [3.63, 3.8) is 0 Å². The standard InChI is InChI=1S/C13H18N2O5/c1-13(2,3)20-12(19)15-9(11(17)18)10(16)8-5-4-6-14-7-8/h4-7,9-10,16H,1-3H3,(H,15,19)(H,17,18)/t9-,10+/m1/s1. The topological polar surface area (TPSA) is 109 Å². The van der Waals surface area contributed by atoms with Gasteiger partial charge in [-0.1, -0.05) is 6.07 Å². The number of ether oxygens (including phenoxy) is 1. The van der Waals surface area contributed by atoms with Gasteiger partial charge in [-0.15, -0.1) is 0 Å². The minimum atomic E-state index is -1.52. The number of hydrogen-bond donors (Lipinski definition) is 3. The summed E-state index contributed by atoms with van der Waals surface area (Å²) in [4.78, 5) is 26.5. The molecule has 110 valence electrons. The number of carbonyl (C=O) groups is 2. The Labute approximate surface area is 116 Å². The molecule has 0 unspecified atom stereocenters. The third kappa shape index (κ3) is 4.85.